The van der Waals surface area contributed by atoms with Crippen LogP contribution in [-0.4, -0.2) is 18.3 Å². The van der Waals surface area contributed by atoms with Crippen LogP contribution in [0.1, 0.15) is 31.7 Å². The number of para-hydroxylation sites is 1. The molecule has 2 nitrogen and oxygen atoms in total. The van der Waals surface area contributed by atoms with Crippen molar-refractivity contribution in [1.82, 2.24) is 0 Å². The largest absolute Gasteiger partial charge is 0.496 e. The summed E-state index contributed by atoms with van der Waals surface area (Å²) in [7, 11) is 1.68. The molecule has 0 amide bonds. The smallest absolute Gasteiger partial charge is 0.122 e. The summed E-state index contributed by atoms with van der Waals surface area (Å²) in [5, 5.41) is 10.3. The second-order valence-corrected chi connectivity index (χ2v) is 5.26. The molecule has 0 radical (unpaired) electrons. The quantitative estimate of drug-likeness (QED) is 0.867. The zero-order valence-corrected chi connectivity index (χ0v) is 10.7. The van der Waals surface area contributed by atoms with Crippen LogP contribution in [0.4, 0.5) is 0 Å². The summed E-state index contributed by atoms with van der Waals surface area (Å²) in [5.41, 5.74) is 1.11. The second kappa shape index (κ2) is 5.54. The van der Waals surface area contributed by atoms with Crippen molar-refractivity contribution in [1.29, 1.82) is 0 Å². The molecule has 2 rings (SSSR count). The standard InChI is InChI=1S/C15H22O2/c1-11-7-8-12(9-11)14(16)10-13-5-3-4-6-15(13)17-2/h3-6,11-12,14,16H,7-10H2,1-2H3. The Balaban J connectivity index is 2.00. The van der Waals surface area contributed by atoms with Crippen molar-refractivity contribution >= 4 is 0 Å². The third-order valence-corrected chi connectivity index (χ3v) is 3.90. The maximum absolute atomic E-state index is 10.3. The second-order valence-electron chi connectivity index (χ2n) is 5.26. The molecule has 0 saturated heterocycles. The van der Waals surface area contributed by atoms with Gasteiger partial charge in [-0.2, -0.15) is 0 Å². The van der Waals surface area contributed by atoms with Crippen LogP contribution in [0.5, 0.6) is 5.75 Å². The third kappa shape index (κ3) is 3.01. The SMILES string of the molecule is COc1ccccc1CC(O)C1CCC(C)C1. The summed E-state index contributed by atoms with van der Waals surface area (Å²) in [6.07, 6.45) is 4.07. The van der Waals surface area contributed by atoms with Gasteiger partial charge in [0.2, 0.25) is 0 Å². The molecule has 3 unspecified atom stereocenters. The molecular weight excluding hydrogens is 212 g/mol. The molecule has 17 heavy (non-hydrogen) atoms. The Morgan fingerprint density at radius 1 is 1.35 bits per heavy atom. The lowest BCUT2D eigenvalue weighted by atomic mass is 9.94. The van der Waals surface area contributed by atoms with Crippen LogP contribution >= 0.6 is 0 Å². The van der Waals surface area contributed by atoms with E-state index in [9.17, 15) is 5.11 Å². The number of methoxy groups -OCH3 is 1. The van der Waals surface area contributed by atoms with Crippen molar-refractivity contribution in [2.24, 2.45) is 11.8 Å². The molecule has 0 heterocycles. The van der Waals surface area contributed by atoms with Gasteiger partial charge in [-0.25, -0.2) is 0 Å². The fourth-order valence-corrected chi connectivity index (χ4v) is 2.86. The maximum Gasteiger partial charge on any atom is 0.122 e. The number of hydrogen-bond acceptors (Lipinski definition) is 2. The summed E-state index contributed by atoms with van der Waals surface area (Å²) in [6, 6.07) is 7.97. The molecule has 1 aliphatic carbocycles. The first-order valence-electron chi connectivity index (χ1n) is 6.50. The number of hydrogen-bond donors (Lipinski definition) is 1. The first-order valence-corrected chi connectivity index (χ1v) is 6.50. The van der Waals surface area contributed by atoms with Crippen LogP contribution in [0.25, 0.3) is 0 Å². The molecule has 0 aromatic heterocycles. The molecule has 1 saturated carbocycles. The molecule has 1 fully saturated rings. The molecule has 2 heteroatoms. The summed E-state index contributed by atoms with van der Waals surface area (Å²) in [4.78, 5) is 0. The number of ether oxygens (including phenoxy) is 1. The minimum absolute atomic E-state index is 0.226. The van der Waals surface area contributed by atoms with Crippen molar-refractivity contribution < 1.29 is 9.84 Å². The van der Waals surface area contributed by atoms with E-state index in [1.165, 1.54) is 6.42 Å². The molecule has 1 aliphatic rings. The first kappa shape index (κ1) is 12.4. The lowest BCUT2D eigenvalue weighted by molar-refractivity contribution is 0.108. The van der Waals surface area contributed by atoms with Crippen molar-refractivity contribution in [2.45, 2.75) is 38.7 Å². The third-order valence-electron chi connectivity index (χ3n) is 3.90. The summed E-state index contributed by atoms with van der Waals surface area (Å²) < 4.78 is 5.32. The highest BCUT2D eigenvalue weighted by Gasteiger charge is 2.27. The van der Waals surface area contributed by atoms with Crippen LogP contribution in [0, 0.1) is 11.8 Å². The zero-order valence-electron chi connectivity index (χ0n) is 10.7. The van der Waals surface area contributed by atoms with Crippen LogP contribution in [0.3, 0.4) is 0 Å². The average molecular weight is 234 g/mol. The van der Waals surface area contributed by atoms with Gasteiger partial charge in [-0.1, -0.05) is 31.5 Å². The predicted octanol–water partition coefficient (Wildman–Crippen LogP) is 3.03. The molecule has 1 N–H and O–H groups in total. The van der Waals surface area contributed by atoms with E-state index < -0.39 is 0 Å². The molecular formula is C15H22O2. The van der Waals surface area contributed by atoms with Gasteiger partial charge in [0.25, 0.3) is 0 Å². The van der Waals surface area contributed by atoms with Crippen LogP contribution in [0.2, 0.25) is 0 Å². The Morgan fingerprint density at radius 2 is 2.12 bits per heavy atom. The molecule has 0 bridgehead atoms. The predicted molar refractivity (Wildman–Crippen MR) is 69.2 cm³/mol. The Kier molecular flexibility index (Phi) is 4.06. The van der Waals surface area contributed by atoms with Crippen LogP contribution < -0.4 is 4.74 Å². The Morgan fingerprint density at radius 3 is 2.76 bits per heavy atom. The van der Waals surface area contributed by atoms with Gasteiger partial charge >= 0.3 is 0 Å². The van der Waals surface area contributed by atoms with Gasteiger partial charge in [0.05, 0.1) is 13.2 Å². The summed E-state index contributed by atoms with van der Waals surface area (Å²) in [6.45, 7) is 2.27. The van der Waals surface area contributed by atoms with E-state index in [2.05, 4.69) is 6.92 Å². The van der Waals surface area contributed by atoms with E-state index in [0.717, 1.165) is 30.1 Å². The van der Waals surface area contributed by atoms with E-state index in [1.54, 1.807) is 7.11 Å². The van der Waals surface area contributed by atoms with Crippen LogP contribution in [0.15, 0.2) is 24.3 Å². The fourth-order valence-electron chi connectivity index (χ4n) is 2.86. The van der Waals surface area contributed by atoms with E-state index in [0.29, 0.717) is 12.3 Å². The summed E-state index contributed by atoms with van der Waals surface area (Å²) >= 11 is 0. The number of aliphatic hydroxyl groups excluding tert-OH is 1. The lowest BCUT2D eigenvalue weighted by Crippen LogP contribution is -2.21. The number of aliphatic hydroxyl groups is 1. The number of rotatable bonds is 4. The molecule has 0 aliphatic heterocycles. The van der Waals surface area contributed by atoms with Crippen molar-refractivity contribution in [2.75, 3.05) is 7.11 Å². The highest BCUT2D eigenvalue weighted by atomic mass is 16.5. The van der Waals surface area contributed by atoms with Gasteiger partial charge < -0.3 is 9.84 Å². The Labute approximate surface area is 104 Å². The Hall–Kier alpha value is -1.02. The average Bonchev–Trinajstić information content (AvgIpc) is 2.77. The van der Waals surface area contributed by atoms with E-state index in [4.69, 9.17) is 4.74 Å². The van der Waals surface area contributed by atoms with Gasteiger partial charge in [0, 0.05) is 6.42 Å². The molecule has 3 atom stereocenters. The first-order chi connectivity index (χ1) is 8.20. The Bertz CT molecular complexity index is 362. The number of benzene rings is 1. The van der Waals surface area contributed by atoms with Gasteiger partial charge in [-0.15, -0.1) is 0 Å². The fraction of sp³-hybridized carbons (Fsp3) is 0.600. The minimum Gasteiger partial charge on any atom is -0.496 e. The van der Waals surface area contributed by atoms with Gasteiger partial charge in [0.1, 0.15) is 5.75 Å². The highest BCUT2D eigenvalue weighted by Crippen LogP contribution is 2.34. The van der Waals surface area contributed by atoms with Gasteiger partial charge in [0.15, 0.2) is 0 Å². The van der Waals surface area contributed by atoms with E-state index in [1.807, 2.05) is 24.3 Å². The van der Waals surface area contributed by atoms with Crippen molar-refractivity contribution in [3.8, 4) is 5.75 Å². The highest BCUT2D eigenvalue weighted by molar-refractivity contribution is 5.33. The molecule has 1 aromatic carbocycles. The van der Waals surface area contributed by atoms with Crippen LogP contribution in [-0.2, 0) is 6.42 Å². The summed E-state index contributed by atoms with van der Waals surface area (Å²) in [5.74, 6) is 2.12. The van der Waals surface area contributed by atoms with Gasteiger partial charge in [-0.05, 0) is 36.3 Å². The molecule has 1 aromatic rings. The topological polar surface area (TPSA) is 29.5 Å². The van der Waals surface area contributed by atoms with Crippen molar-refractivity contribution in [3.05, 3.63) is 29.8 Å². The van der Waals surface area contributed by atoms with Crippen molar-refractivity contribution in [3.63, 3.8) is 0 Å². The molecule has 94 valence electrons. The lowest BCUT2D eigenvalue weighted by Gasteiger charge is -2.19. The normalized spacial score (nSPS) is 25.8. The molecule has 0 spiro atoms. The minimum atomic E-state index is -0.226. The monoisotopic (exact) mass is 234 g/mol. The van der Waals surface area contributed by atoms with E-state index in [-0.39, 0.29) is 6.10 Å². The maximum atomic E-state index is 10.3. The zero-order chi connectivity index (χ0) is 12.3. The van der Waals surface area contributed by atoms with Gasteiger partial charge in [-0.3, -0.25) is 0 Å². The van der Waals surface area contributed by atoms with E-state index >= 15 is 0 Å².